The molecule has 0 atom stereocenters. The third-order valence-electron chi connectivity index (χ3n) is 0.988. The molecule has 0 fully saturated rings. The van der Waals surface area contributed by atoms with Crippen LogP contribution in [0.1, 0.15) is 25.7 Å². The second kappa shape index (κ2) is 2.40. The molecule has 1 rings (SSSR count). The highest BCUT2D eigenvalue weighted by molar-refractivity contribution is 6.29. The van der Waals surface area contributed by atoms with Crippen molar-refractivity contribution in [3.8, 4) is 0 Å². The molecule has 0 spiro atoms. The summed E-state index contributed by atoms with van der Waals surface area (Å²) in [5, 5.41) is 0.429. The highest BCUT2D eigenvalue weighted by Gasteiger charge is 2.04. The second-order valence-corrected chi connectivity index (χ2v) is 2.55. The quantitative estimate of drug-likeness (QED) is 0.607. The Kier molecular flexibility index (Phi) is 1.76. The van der Waals surface area contributed by atoms with Gasteiger partial charge in [-0.1, -0.05) is 25.4 Å². The van der Waals surface area contributed by atoms with Gasteiger partial charge < -0.3 is 4.42 Å². The van der Waals surface area contributed by atoms with Crippen LogP contribution in [0.25, 0.3) is 0 Å². The second-order valence-electron chi connectivity index (χ2n) is 2.16. The normalized spacial score (nSPS) is 10.7. The minimum absolute atomic E-state index is 0.317. The molecule has 0 saturated carbocycles. The Morgan fingerprint density at radius 2 is 2.33 bits per heavy atom. The van der Waals surface area contributed by atoms with E-state index in [2.05, 4.69) is 4.98 Å². The van der Waals surface area contributed by atoms with Crippen molar-refractivity contribution in [1.29, 1.82) is 0 Å². The number of hydrogen-bond donors (Lipinski definition) is 0. The lowest BCUT2D eigenvalue weighted by Gasteiger charge is -1.92. The lowest BCUT2D eigenvalue weighted by Crippen LogP contribution is -1.84. The van der Waals surface area contributed by atoms with Crippen molar-refractivity contribution in [1.82, 2.24) is 4.98 Å². The van der Waals surface area contributed by atoms with Crippen LogP contribution in [0.5, 0.6) is 0 Å². The van der Waals surface area contributed by atoms with E-state index in [9.17, 15) is 0 Å². The molecule has 0 amide bonds. The Balaban J connectivity index is 2.85. The summed E-state index contributed by atoms with van der Waals surface area (Å²) in [5.41, 5.74) is 0. The maximum atomic E-state index is 5.50. The molecule has 1 heterocycles. The van der Waals surface area contributed by atoms with Crippen molar-refractivity contribution < 1.29 is 4.42 Å². The van der Waals surface area contributed by atoms with E-state index in [1.807, 2.05) is 13.8 Å². The van der Waals surface area contributed by atoms with E-state index in [0.717, 1.165) is 0 Å². The number of hydrogen-bond acceptors (Lipinski definition) is 2. The number of halogens is 1. The minimum atomic E-state index is 0.317. The van der Waals surface area contributed by atoms with Gasteiger partial charge in [0.15, 0.2) is 11.0 Å². The lowest BCUT2D eigenvalue weighted by atomic mass is 10.2. The fourth-order valence-corrected chi connectivity index (χ4v) is 0.660. The summed E-state index contributed by atoms with van der Waals surface area (Å²) in [4.78, 5) is 3.91. The molecule has 0 aromatic carbocycles. The van der Waals surface area contributed by atoms with Crippen LogP contribution in [0.3, 0.4) is 0 Å². The van der Waals surface area contributed by atoms with Gasteiger partial charge in [-0.25, -0.2) is 4.98 Å². The summed E-state index contributed by atoms with van der Waals surface area (Å²) in [6.45, 7) is 4.00. The van der Waals surface area contributed by atoms with Gasteiger partial charge >= 0.3 is 0 Å². The Morgan fingerprint density at radius 3 is 2.56 bits per heavy atom. The first kappa shape index (κ1) is 6.62. The molecule has 50 valence electrons. The number of oxazole rings is 1. The van der Waals surface area contributed by atoms with Gasteiger partial charge in [0.1, 0.15) is 6.26 Å². The average Bonchev–Trinajstić information content (AvgIpc) is 2.14. The zero-order chi connectivity index (χ0) is 6.85. The Labute approximate surface area is 58.8 Å². The summed E-state index contributed by atoms with van der Waals surface area (Å²) in [5.74, 6) is 1.01. The summed E-state index contributed by atoms with van der Waals surface area (Å²) < 4.78 is 4.98. The molecule has 0 aliphatic heterocycles. The molecule has 0 aliphatic rings. The molecule has 3 heteroatoms. The van der Waals surface area contributed by atoms with Crippen LogP contribution in [0.4, 0.5) is 0 Å². The highest BCUT2D eigenvalue weighted by atomic mass is 35.5. The summed E-state index contributed by atoms with van der Waals surface area (Å²) in [6.07, 6.45) is 1.44. The third kappa shape index (κ3) is 1.45. The van der Waals surface area contributed by atoms with E-state index in [-0.39, 0.29) is 0 Å². The van der Waals surface area contributed by atoms with Gasteiger partial charge in [-0.3, -0.25) is 0 Å². The molecule has 9 heavy (non-hydrogen) atoms. The molecule has 0 saturated heterocycles. The van der Waals surface area contributed by atoms with E-state index in [1.165, 1.54) is 6.26 Å². The Bertz CT molecular complexity index is 195. The maximum Gasteiger partial charge on any atom is 0.198 e. The standard InChI is InChI=1S/C6H8ClNO/c1-4(2)6-8-5(7)3-9-6/h3-4H,1-2H3. The van der Waals surface area contributed by atoms with Crippen LogP contribution in [0, 0.1) is 0 Å². The summed E-state index contributed by atoms with van der Waals surface area (Å²) in [6, 6.07) is 0. The van der Waals surface area contributed by atoms with Crippen molar-refractivity contribution in [2.45, 2.75) is 19.8 Å². The first-order chi connectivity index (χ1) is 4.20. The lowest BCUT2D eigenvalue weighted by molar-refractivity contribution is 0.471. The van der Waals surface area contributed by atoms with Gasteiger partial charge in [0.2, 0.25) is 0 Å². The minimum Gasteiger partial charge on any atom is -0.447 e. The van der Waals surface area contributed by atoms with Crippen molar-refractivity contribution in [3.05, 3.63) is 17.3 Å². The number of nitrogens with zero attached hydrogens (tertiary/aromatic N) is 1. The molecule has 1 aromatic rings. The molecule has 0 radical (unpaired) electrons. The first-order valence-corrected chi connectivity index (χ1v) is 3.19. The Morgan fingerprint density at radius 1 is 1.67 bits per heavy atom. The monoisotopic (exact) mass is 145 g/mol. The van der Waals surface area contributed by atoms with Crippen LogP contribution in [-0.2, 0) is 0 Å². The van der Waals surface area contributed by atoms with Gasteiger partial charge in [0, 0.05) is 5.92 Å². The predicted molar refractivity (Wildman–Crippen MR) is 35.6 cm³/mol. The van der Waals surface area contributed by atoms with Crippen molar-refractivity contribution >= 4 is 11.6 Å². The topological polar surface area (TPSA) is 26.0 Å². The van der Waals surface area contributed by atoms with Crippen LogP contribution in [0.2, 0.25) is 5.15 Å². The molecular formula is C6H8ClNO. The van der Waals surface area contributed by atoms with Gasteiger partial charge in [-0.05, 0) is 0 Å². The van der Waals surface area contributed by atoms with Gasteiger partial charge in [0.05, 0.1) is 0 Å². The zero-order valence-corrected chi connectivity index (χ0v) is 6.14. The molecule has 2 nitrogen and oxygen atoms in total. The molecule has 0 bridgehead atoms. The van der Waals surface area contributed by atoms with Crippen LogP contribution >= 0.6 is 11.6 Å². The average molecular weight is 146 g/mol. The number of rotatable bonds is 1. The Hall–Kier alpha value is -0.500. The molecule has 0 unspecified atom stereocenters. The number of aromatic nitrogens is 1. The van der Waals surface area contributed by atoms with E-state index < -0.39 is 0 Å². The van der Waals surface area contributed by atoms with Crippen LogP contribution in [0.15, 0.2) is 10.7 Å². The van der Waals surface area contributed by atoms with Crippen LogP contribution < -0.4 is 0 Å². The fraction of sp³-hybridized carbons (Fsp3) is 0.500. The summed E-state index contributed by atoms with van der Waals surface area (Å²) in [7, 11) is 0. The van der Waals surface area contributed by atoms with E-state index in [1.54, 1.807) is 0 Å². The maximum absolute atomic E-state index is 5.50. The molecule has 1 aromatic heterocycles. The fourth-order valence-electron chi connectivity index (χ4n) is 0.532. The largest absolute Gasteiger partial charge is 0.447 e. The smallest absolute Gasteiger partial charge is 0.198 e. The van der Waals surface area contributed by atoms with Gasteiger partial charge in [0.25, 0.3) is 0 Å². The molecule has 0 aliphatic carbocycles. The predicted octanol–water partition coefficient (Wildman–Crippen LogP) is 2.45. The molecular weight excluding hydrogens is 138 g/mol. The molecule has 0 N–H and O–H groups in total. The van der Waals surface area contributed by atoms with E-state index in [4.69, 9.17) is 16.0 Å². The SMILES string of the molecule is CC(C)c1nc(Cl)co1. The van der Waals surface area contributed by atoms with Crippen molar-refractivity contribution in [2.75, 3.05) is 0 Å². The van der Waals surface area contributed by atoms with Gasteiger partial charge in [-0.15, -0.1) is 0 Å². The van der Waals surface area contributed by atoms with Crippen LogP contribution in [-0.4, -0.2) is 4.98 Å². The van der Waals surface area contributed by atoms with Crippen molar-refractivity contribution in [3.63, 3.8) is 0 Å². The zero-order valence-electron chi connectivity index (χ0n) is 5.39. The third-order valence-corrected chi connectivity index (χ3v) is 1.16. The highest BCUT2D eigenvalue weighted by Crippen LogP contribution is 2.15. The summed E-state index contributed by atoms with van der Waals surface area (Å²) >= 11 is 5.50. The van der Waals surface area contributed by atoms with Gasteiger partial charge in [-0.2, -0.15) is 0 Å². The van der Waals surface area contributed by atoms with E-state index in [0.29, 0.717) is 17.0 Å². The first-order valence-electron chi connectivity index (χ1n) is 2.81. The van der Waals surface area contributed by atoms with Crippen molar-refractivity contribution in [2.24, 2.45) is 0 Å². The van der Waals surface area contributed by atoms with E-state index >= 15 is 0 Å².